The van der Waals surface area contributed by atoms with Crippen LogP contribution in [0.4, 0.5) is 0 Å². The van der Waals surface area contributed by atoms with Gasteiger partial charge in [0.15, 0.2) is 6.23 Å². The normalized spacial score (nSPS) is 30.2. The first kappa shape index (κ1) is 14.1. The number of aliphatic hydroxyl groups excluding tert-OH is 2. The maximum atomic E-state index is 10.1. The molecule has 7 heteroatoms. The van der Waals surface area contributed by atoms with Crippen molar-refractivity contribution in [3.05, 3.63) is 28.5 Å². The number of imidazole rings is 1. The predicted octanol–water partition coefficient (Wildman–Crippen LogP) is 2.37. The van der Waals surface area contributed by atoms with Crippen LogP contribution >= 0.6 is 23.2 Å². The minimum atomic E-state index is -1.01. The van der Waals surface area contributed by atoms with E-state index in [1.165, 1.54) is 0 Å². The summed E-state index contributed by atoms with van der Waals surface area (Å²) in [6.07, 6.45) is -0.825. The van der Waals surface area contributed by atoms with E-state index in [9.17, 15) is 10.2 Å². The lowest BCUT2D eigenvalue weighted by Gasteiger charge is -2.17. The third-order valence-electron chi connectivity index (χ3n) is 3.63. The maximum absolute atomic E-state index is 10.1. The van der Waals surface area contributed by atoms with Gasteiger partial charge in [0.2, 0.25) is 0 Å². The largest absolute Gasteiger partial charge is 0.388 e. The van der Waals surface area contributed by atoms with Gasteiger partial charge in [-0.05, 0) is 18.6 Å². The highest BCUT2D eigenvalue weighted by molar-refractivity contribution is 6.42. The third kappa shape index (κ3) is 2.10. The molecule has 1 aromatic carbocycles. The molecule has 5 nitrogen and oxygen atoms in total. The maximum Gasteiger partial charge on any atom is 0.164 e. The SMILES string of the molecule is CC[C@H]1OC(n2cnc3cc(Cl)c(Cl)cc32)[C@H](O)[C@@H]1O. The highest BCUT2D eigenvalue weighted by atomic mass is 35.5. The summed E-state index contributed by atoms with van der Waals surface area (Å²) in [7, 11) is 0. The molecule has 1 aromatic heterocycles. The van der Waals surface area contributed by atoms with Crippen LogP contribution in [0.3, 0.4) is 0 Å². The Labute approximate surface area is 125 Å². The molecule has 0 radical (unpaired) electrons. The van der Waals surface area contributed by atoms with Gasteiger partial charge in [0.25, 0.3) is 0 Å². The van der Waals surface area contributed by atoms with Crippen molar-refractivity contribution >= 4 is 34.2 Å². The topological polar surface area (TPSA) is 67.5 Å². The number of benzene rings is 1. The van der Waals surface area contributed by atoms with E-state index in [0.717, 1.165) is 0 Å². The van der Waals surface area contributed by atoms with Crippen molar-refractivity contribution in [3.8, 4) is 0 Å². The Bertz CT molecular complexity index is 646. The summed E-state index contributed by atoms with van der Waals surface area (Å²) in [5.41, 5.74) is 1.36. The molecule has 108 valence electrons. The third-order valence-corrected chi connectivity index (χ3v) is 4.35. The average molecular weight is 317 g/mol. The molecule has 1 unspecified atom stereocenters. The summed E-state index contributed by atoms with van der Waals surface area (Å²) in [6.45, 7) is 1.89. The van der Waals surface area contributed by atoms with E-state index in [0.29, 0.717) is 27.5 Å². The van der Waals surface area contributed by atoms with Crippen molar-refractivity contribution in [1.29, 1.82) is 0 Å². The molecule has 1 aliphatic rings. The van der Waals surface area contributed by atoms with E-state index in [-0.39, 0.29) is 0 Å². The van der Waals surface area contributed by atoms with Crippen LogP contribution < -0.4 is 0 Å². The van der Waals surface area contributed by atoms with Gasteiger partial charge in [0, 0.05) is 0 Å². The zero-order valence-electron chi connectivity index (χ0n) is 10.7. The first-order valence-electron chi connectivity index (χ1n) is 6.36. The van der Waals surface area contributed by atoms with Crippen molar-refractivity contribution in [2.45, 2.75) is 37.9 Å². The van der Waals surface area contributed by atoms with Crippen LogP contribution in [0.2, 0.25) is 10.0 Å². The van der Waals surface area contributed by atoms with Crippen molar-refractivity contribution in [2.24, 2.45) is 0 Å². The smallest absolute Gasteiger partial charge is 0.164 e. The number of aliphatic hydroxyl groups is 2. The fourth-order valence-corrected chi connectivity index (χ4v) is 2.84. The monoisotopic (exact) mass is 316 g/mol. The fourth-order valence-electron chi connectivity index (χ4n) is 2.52. The number of aromatic nitrogens is 2. The average Bonchev–Trinajstić information content (AvgIpc) is 2.94. The second-order valence-corrected chi connectivity index (χ2v) is 5.68. The number of ether oxygens (including phenoxy) is 1. The fraction of sp³-hybridized carbons (Fsp3) is 0.462. The highest BCUT2D eigenvalue weighted by Gasteiger charge is 2.43. The molecular weight excluding hydrogens is 303 g/mol. The summed E-state index contributed by atoms with van der Waals surface area (Å²) in [5.74, 6) is 0. The molecule has 0 amide bonds. The van der Waals surface area contributed by atoms with E-state index in [1.54, 1.807) is 23.0 Å². The van der Waals surface area contributed by atoms with Gasteiger partial charge in [-0.2, -0.15) is 0 Å². The molecule has 1 saturated heterocycles. The zero-order chi connectivity index (χ0) is 14.4. The van der Waals surface area contributed by atoms with Gasteiger partial charge < -0.3 is 19.5 Å². The van der Waals surface area contributed by atoms with E-state index in [4.69, 9.17) is 27.9 Å². The van der Waals surface area contributed by atoms with Crippen molar-refractivity contribution < 1.29 is 14.9 Å². The lowest BCUT2D eigenvalue weighted by atomic mass is 10.1. The van der Waals surface area contributed by atoms with E-state index >= 15 is 0 Å². The molecule has 20 heavy (non-hydrogen) atoms. The first-order chi connectivity index (χ1) is 9.52. The molecular formula is C13H14Cl2N2O3. The molecule has 0 bridgehead atoms. The van der Waals surface area contributed by atoms with Crippen LogP contribution in [-0.2, 0) is 4.74 Å². The van der Waals surface area contributed by atoms with Crippen LogP contribution in [0.25, 0.3) is 11.0 Å². The molecule has 4 atom stereocenters. The molecule has 2 heterocycles. The summed E-state index contributed by atoms with van der Waals surface area (Å²) in [5, 5.41) is 20.9. The molecule has 0 aliphatic carbocycles. The number of hydrogen-bond donors (Lipinski definition) is 2. The summed E-state index contributed by atoms with van der Waals surface area (Å²) in [6, 6.07) is 3.33. The van der Waals surface area contributed by atoms with Crippen LogP contribution in [0, 0.1) is 0 Å². The van der Waals surface area contributed by atoms with Crippen LogP contribution in [0.1, 0.15) is 19.6 Å². The van der Waals surface area contributed by atoms with Crippen molar-refractivity contribution in [3.63, 3.8) is 0 Å². The Morgan fingerprint density at radius 1 is 1.25 bits per heavy atom. The Morgan fingerprint density at radius 2 is 1.95 bits per heavy atom. The molecule has 2 aromatic rings. The minimum Gasteiger partial charge on any atom is -0.388 e. The number of rotatable bonds is 2. The molecule has 1 fully saturated rings. The van der Waals surface area contributed by atoms with Crippen LogP contribution in [0.15, 0.2) is 18.5 Å². The quantitative estimate of drug-likeness (QED) is 0.892. The van der Waals surface area contributed by atoms with Gasteiger partial charge in [0.05, 0.1) is 33.5 Å². The van der Waals surface area contributed by atoms with Gasteiger partial charge in [-0.3, -0.25) is 0 Å². The molecule has 2 N–H and O–H groups in total. The molecule has 0 spiro atoms. The van der Waals surface area contributed by atoms with Crippen LogP contribution in [-0.4, -0.2) is 38.1 Å². The lowest BCUT2D eigenvalue weighted by molar-refractivity contribution is -0.0352. The van der Waals surface area contributed by atoms with Gasteiger partial charge in [-0.15, -0.1) is 0 Å². The van der Waals surface area contributed by atoms with E-state index in [1.807, 2.05) is 6.92 Å². The minimum absolute atomic E-state index is 0.393. The van der Waals surface area contributed by atoms with E-state index < -0.39 is 24.5 Å². The van der Waals surface area contributed by atoms with Gasteiger partial charge in [-0.25, -0.2) is 4.98 Å². The summed E-state index contributed by atoms with van der Waals surface area (Å²) >= 11 is 12.0. The second-order valence-electron chi connectivity index (χ2n) is 4.86. The Balaban J connectivity index is 2.05. The number of hydrogen-bond acceptors (Lipinski definition) is 4. The highest BCUT2D eigenvalue weighted by Crippen LogP contribution is 2.35. The molecule has 3 rings (SSSR count). The van der Waals surface area contributed by atoms with Crippen molar-refractivity contribution in [2.75, 3.05) is 0 Å². The molecule has 1 aliphatic heterocycles. The summed E-state index contributed by atoms with van der Waals surface area (Å²) in [4.78, 5) is 4.22. The molecule has 0 saturated carbocycles. The Hall–Kier alpha value is -0.850. The Morgan fingerprint density at radius 3 is 2.60 bits per heavy atom. The summed E-state index contributed by atoms with van der Waals surface area (Å²) < 4.78 is 7.37. The van der Waals surface area contributed by atoms with Gasteiger partial charge in [0.1, 0.15) is 12.2 Å². The second kappa shape index (κ2) is 5.16. The zero-order valence-corrected chi connectivity index (χ0v) is 12.2. The number of fused-ring (bicyclic) bond motifs is 1. The van der Waals surface area contributed by atoms with Gasteiger partial charge >= 0.3 is 0 Å². The van der Waals surface area contributed by atoms with Crippen LogP contribution in [0.5, 0.6) is 0 Å². The first-order valence-corrected chi connectivity index (χ1v) is 7.11. The number of nitrogens with zero attached hydrogens (tertiary/aromatic N) is 2. The van der Waals surface area contributed by atoms with E-state index in [2.05, 4.69) is 4.98 Å². The number of halogens is 2. The standard InChI is InChI=1S/C13H14Cl2N2O3/c1-2-10-11(18)12(19)13(20-10)17-5-16-8-3-6(14)7(15)4-9(8)17/h3-5,10-13,18-19H,2H2,1H3/t10-,11-,12-,13?/m1/s1. The Kier molecular flexibility index (Phi) is 3.64. The van der Waals surface area contributed by atoms with Crippen molar-refractivity contribution in [1.82, 2.24) is 9.55 Å². The predicted molar refractivity (Wildman–Crippen MR) is 76.0 cm³/mol. The van der Waals surface area contributed by atoms with Gasteiger partial charge in [-0.1, -0.05) is 30.1 Å². The lowest BCUT2D eigenvalue weighted by Crippen LogP contribution is -2.31.